The second-order valence-corrected chi connectivity index (χ2v) is 5.07. The summed E-state index contributed by atoms with van der Waals surface area (Å²) in [7, 11) is 0. The molecule has 1 aromatic carbocycles. The first-order valence-electron chi connectivity index (χ1n) is 7.46. The number of benzene rings is 1. The minimum atomic E-state index is -0.425. The van der Waals surface area contributed by atoms with Crippen molar-refractivity contribution in [2.75, 3.05) is 11.9 Å². The van der Waals surface area contributed by atoms with Crippen LogP contribution < -0.4 is 5.32 Å². The molecule has 0 unspecified atom stereocenters. The zero-order valence-electron chi connectivity index (χ0n) is 13.0. The van der Waals surface area contributed by atoms with Crippen LogP contribution >= 0.6 is 0 Å². The normalized spacial score (nSPS) is 10.5. The van der Waals surface area contributed by atoms with Crippen LogP contribution in [0.25, 0.3) is 22.8 Å². The highest BCUT2D eigenvalue weighted by molar-refractivity contribution is 5.71. The smallest absolute Gasteiger partial charge is 0.293 e. The SMILES string of the molecule is CCCNc1ccc(-c2noc(-c3ccncc3)n2)cc1[N+](=O)[O-]. The summed E-state index contributed by atoms with van der Waals surface area (Å²) in [6, 6.07) is 8.33. The van der Waals surface area contributed by atoms with E-state index in [1.807, 2.05) is 6.92 Å². The van der Waals surface area contributed by atoms with Crippen LogP contribution in [0.1, 0.15) is 13.3 Å². The van der Waals surface area contributed by atoms with Gasteiger partial charge < -0.3 is 9.84 Å². The lowest BCUT2D eigenvalue weighted by Crippen LogP contribution is -2.03. The van der Waals surface area contributed by atoms with Gasteiger partial charge >= 0.3 is 0 Å². The maximum absolute atomic E-state index is 11.3. The van der Waals surface area contributed by atoms with Crippen molar-refractivity contribution < 1.29 is 9.45 Å². The molecule has 0 aliphatic heterocycles. The molecular weight excluding hydrogens is 310 g/mol. The zero-order valence-corrected chi connectivity index (χ0v) is 13.0. The number of pyridine rings is 1. The highest BCUT2D eigenvalue weighted by Crippen LogP contribution is 2.30. The molecule has 2 heterocycles. The van der Waals surface area contributed by atoms with Crippen molar-refractivity contribution in [3.05, 3.63) is 52.8 Å². The van der Waals surface area contributed by atoms with Crippen LogP contribution in [-0.2, 0) is 0 Å². The summed E-state index contributed by atoms with van der Waals surface area (Å²) in [5.74, 6) is 0.634. The minimum Gasteiger partial charge on any atom is -0.380 e. The van der Waals surface area contributed by atoms with Crippen LogP contribution in [0.5, 0.6) is 0 Å². The molecule has 3 rings (SSSR count). The Morgan fingerprint density at radius 1 is 1.21 bits per heavy atom. The van der Waals surface area contributed by atoms with Crippen LogP contribution in [0.15, 0.2) is 47.2 Å². The van der Waals surface area contributed by atoms with E-state index in [2.05, 4.69) is 20.4 Å². The average Bonchev–Trinajstić information content (AvgIpc) is 3.10. The molecule has 0 atom stereocenters. The van der Waals surface area contributed by atoms with E-state index in [1.165, 1.54) is 6.07 Å². The third-order valence-electron chi connectivity index (χ3n) is 3.37. The number of aromatic nitrogens is 3. The van der Waals surface area contributed by atoms with E-state index in [-0.39, 0.29) is 5.69 Å². The first-order chi connectivity index (χ1) is 11.7. The number of hydrogen-bond acceptors (Lipinski definition) is 7. The van der Waals surface area contributed by atoms with Gasteiger partial charge in [-0.25, -0.2) is 0 Å². The second-order valence-electron chi connectivity index (χ2n) is 5.07. The van der Waals surface area contributed by atoms with Crippen LogP contribution in [0, 0.1) is 10.1 Å². The van der Waals surface area contributed by atoms with E-state index in [9.17, 15) is 10.1 Å². The largest absolute Gasteiger partial charge is 0.380 e. The van der Waals surface area contributed by atoms with Gasteiger partial charge in [0.1, 0.15) is 5.69 Å². The van der Waals surface area contributed by atoms with Crippen molar-refractivity contribution >= 4 is 11.4 Å². The fraction of sp³-hybridized carbons (Fsp3) is 0.188. The Labute approximate surface area is 137 Å². The van der Waals surface area contributed by atoms with Gasteiger partial charge in [-0.3, -0.25) is 15.1 Å². The summed E-state index contributed by atoms with van der Waals surface area (Å²) >= 11 is 0. The molecule has 1 N–H and O–H groups in total. The molecular formula is C16H15N5O3. The summed E-state index contributed by atoms with van der Waals surface area (Å²) < 4.78 is 5.23. The molecule has 0 radical (unpaired) electrons. The fourth-order valence-electron chi connectivity index (χ4n) is 2.18. The topological polar surface area (TPSA) is 107 Å². The van der Waals surface area contributed by atoms with Gasteiger partial charge in [-0.15, -0.1) is 0 Å². The molecule has 24 heavy (non-hydrogen) atoms. The standard InChI is InChI=1S/C16H15N5O3/c1-2-7-18-13-4-3-12(10-14(13)21(22)23)15-19-16(24-20-15)11-5-8-17-9-6-11/h3-6,8-10,18H,2,7H2,1H3. The molecule has 122 valence electrons. The van der Waals surface area contributed by atoms with Gasteiger partial charge in [0.25, 0.3) is 11.6 Å². The van der Waals surface area contributed by atoms with Gasteiger partial charge in [-0.1, -0.05) is 12.1 Å². The summed E-state index contributed by atoms with van der Waals surface area (Å²) in [5.41, 5.74) is 1.71. The Hall–Kier alpha value is -3.29. The summed E-state index contributed by atoms with van der Waals surface area (Å²) in [6.45, 7) is 2.65. The van der Waals surface area contributed by atoms with Crippen molar-refractivity contribution in [1.29, 1.82) is 0 Å². The lowest BCUT2D eigenvalue weighted by molar-refractivity contribution is -0.383. The number of nitrogens with zero attached hydrogens (tertiary/aromatic N) is 4. The van der Waals surface area contributed by atoms with Crippen LogP contribution in [0.2, 0.25) is 0 Å². The molecule has 0 bridgehead atoms. The van der Waals surface area contributed by atoms with Gasteiger partial charge in [-0.2, -0.15) is 4.98 Å². The maximum atomic E-state index is 11.3. The minimum absolute atomic E-state index is 0.0174. The molecule has 0 saturated carbocycles. The number of nitrogens with one attached hydrogen (secondary N) is 1. The number of nitro benzene ring substituents is 1. The summed E-state index contributed by atoms with van der Waals surface area (Å²) in [6.07, 6.45) is 4.12. The fourth-order valence-corrected chi connectivity index (χ4v) is 2.18. The molecule has 8 heteroatoms. The van der Waals surface area contributed by atoms with Gasteiger partial charge in [0.15, 0.2) is 0 Å². The number of anilines is 1. The maximum Gasteiger partial charge on any atom is 0.293 e. The predicted molar refractivity (Wildman–Crippen MR) is 88.4 cm³/mol. The molecule has 2 aromatic heterocycles. The van der Waals surface area contributed by atoms with E-state index in [4.69, 9.17) is 4.52 Å². The molecule has 8 nitrogen and oxygen atoms in total. The van der Waals surface area contributed by atoms with E-state index in [0.717, 1.165) is 12.0 Å². The van der Waals surface area contributed by atoms with Crippen LogP contribution in [0.3, 0.4) is 0 Å². The number of hydrogen-bond donors (Lipinski definition) is 1. The van der Waals surface area contributed by atoms with Gasteiger partial charge in [0.2, 0.25) is 5.82 Å². The molecule has 0 saturated heterocycles. The van der Waals surface area contributed by atoms with Crippen molar-refractivity contribution in [2.24, 2.45) is 0 Å². The van der Waals surface area contributed by atoms with E-state index in [1.54, 1.807) is 36.7 Å². The Balaban J connectivity index is 1.94. The molecule has 0 fully saturated rings. The molecule has 0 aliphatic carbocycles. The Morgan fingerprint density at radius 2 is 2.00 bits per heavy atom. The van der Waals surface area contributed by atoms with Crippen molar-refractivity contribution in [3.8, 4) is 22.8 Å². The van der Waals surface area contributed by atoms with Crippen molar-refractivity contribution in [1.82, 2.24) is 15.1 Å². The summed E-state index contributed by atoms with van der Waals surface area (Å²) in [4.78, 5) is 19.1. The zero-order chi connectivity index (χ0) is 16.9. The van der Waals surface area contributed by atoms with Gasteiger partial charge in [0, 0.05) is 36.1 Å². The van der Waals surface area contributed by atoms with Crippen LogP contribution in [0.4, 0.5) is 11.4 Å². The Kier molecular flexibility index (Phi) is 4.46. The summed E-state index contributed by atoms with van der Waals surface area (Å²) in [5, 5.41) is 18.2. The Bertz CT molecular complexity index is 848. The highest BCUT2D eigenvalue weighted by atomic mass is 16.6. The first-order valence-corrected chi connectivity index (χ1v) is 7.46. The van der Waals surface area contributed by atoms with E-state index >= 15 is 0 Å². The molecule has 3 aromatic rings. The van der Waals surface area contributed by atoms with E-state index < -0.39 is 4.92 Å². The third-order valence-corrected chi connectivity index (χ3v) is 3.37. The lowest BCUT2D eigenvalue weighted by Gasteiger charge is -2.06. The van der Waals surface area contributed by atoms with Crippen LogP contribution in [-0.4, -0.2) is 26.6 Å². The molecule has 0 amide bonds. The van der Waals surface area contributed by atoms with Crippen molar-refractivity contribution in [3.63, 3.8) is 0 Å². The first kappa shape index (κ1) is 15.6. The second kappa shape index (κ2) is 6.86. The third kappa shape index (κ3) is 3.22. The number of nitro groups is 1. The average molecular weight is 325 g/mol. The quantitative estimate of drug-likeness (QED) is 0.545. The Morgan fingerprint density at radius 3 is 2.71 bits per heavy atom. The van der Waals surface area contributed by atoms with Gasteiger partial charge in [0.05, 0.1) is 4.92 Å². The van der Waals surface area contributed by atoms with E-state index in [0.29, 0.717) is 29.5 Å². The predicted octanol–water partition coefficient (Wildman–Crippen LogP) is 3.53. The molecule has 0 aliphatic rings. The van der Waals surface area contributed by atoms with Crippen molar-refractivity contribution in [2.45, 2.75) is 13.3 Å². The lowest BCUT2D eigenvalue weighted by atomic mass is 10.1. The monoisotopic (exact) mass is 325 g/mol. The highest BCUT2D eigenvalue weighted by Gasteiger charge is 2.18. The number of rotatable bonds is 6. The van der Waals surface area contributed by atoms with Gasteiger partial charge in [-0.05, 0) is 30.7 Å². The molecule has 0 spiro atoms.